The lowest BCUT2D eigenvalue weighted by atomic mass is 9.33. The number of allylic oxidation sites excluding steroid dienone is 5. The Hall–Kier alpha value is -4.96. The summed E-state index contributed by atoms with van der Waals surface area (Å²) >= 11 is 0. The number of aryl methyl sites for hydroxylation is 1. The van der Waals surface area contributed by atoms with Crippen LogP contribution >= 0.6 is 0 Å². The number of hydrogen-bond acceptors (Lipinski definition) is 3. The molecule has 4 heteroatoms. The Morgan fingerprint density at radius 3 is 1.63 bits per heavy atom. The number of fused-ring (bicyclic) bond motifs is 8. The van der Waals surface area contributed by atoms with E-state index >= 15 is 0 Å². The number of benzene rings is 4. The van der Waals surface area contributed by atoms with Crippen LogP contribution in [0.1, 0.15) is 199 Å². The molecule has 71 heavy (non-hydrogen) atoms. The van der Waals surface area contributed by atoms with Crippen molar-refractivity contribution in [2.75, 3.05) is 9.80 Å². The van der Waals surface area contributed by atoms with Crippen molar-refractivity contribution in [3.05, 3.63) is 175 Å². The molecule has 0 spiro atoms. The third-order valence-electron chi connectivity index (χ3n) is 19.9. The van der Waals surface area contributed by atoms with Gasteiger partial charge >= 0.3 is 0 Å². The van der Waals surface area contributed by atoms with Crippen LogP contribution in [0.5, 0.6) is 0 Å². The van der Waals surface area contributed by atoms with Crippen LogP contribution in [-0.4, -0.2) is 12.8 Å². The molecule has 0 radical (unpaired) electrons. The normalized spacial score (nSPS) is 26.5. The standard InChI is InChI=1S/C67H81BN2O/c1-40-19-17-18-20-45(40)41-33-55-58-56(34-41)70(44-23-25-48-50(37-44)65(11,12)30-28-63(48,7)8)59-46-35-42(61(2,3)4)21-26-57(46)71-60(59)68(58)53-38-51-52(67(15,16)32-31-66(51,13)14)39-54(53)69(55)43-22-24-47-49(36-43)64(9,10)29-27-62(47,5)6/h17-26,34-39,41,46,57H,27-33H2,1-16H3/t41-,46?,57?/m0/s1. The minimum Gasteiger partial charge on any atom is -0.497 e. The molecule has 0 amide bonds. The summed E-state index contributed by atoms with van der Waals surface area (Å²) in [6.07, 6.45) is 18.0. The topological polar surface area (TPSA) is 15.7 Å². The van der Waals surface area contributed by atoms with Gasteiger partial charge in [0.15, 0.2) is 0 Å². The lowest BCUT2D eigenvalue weighted by Crippen LogP contribution is -2.53. The number of hydrogen-bond donors (Lipinski definition) is 0. The molecule has 2 unspecified atom stereocenters. The van der Waals surface area contributed by atoms with Gasteiger partial charge in [-0.1, -0.05) is 165 Å². The van der Waals surface area contributed by atoms with Crippen molar-refractivity contribution in [1.29, 1.82) is 0 Å². The van der Waals surface area contributed by atoms with Crippen LogP contribution < -0.4 is 15.3 Å². The average molecular weight is 941 g/mol. The Balaban J connectivity index is 1.21. The maximum atomic E-state index is 7.72. The molecule has 0 saturated carbocycles. The van der Waals surface area contributed by atoms with E-state index in [0.717, 1.165) is 12.1 Å². The molecule has 3 nitrogen and oxygen atoms in total. The molecule has 0 fully saturated rings. The first-order chi connectivity index (χ1) is 33.2. The summed E-state index contributed by atoms with van der Waals surface area (Å²) < 4.78 is 7.72. The Morgan fingerprint density at radius 1 is 0.577 bits per heavy atom. The molecule has 5 aliphatic carbocycles. The van der Waals surface area contributed by atoms with E-state index in [9.17, 15) is 0 Å². The van der Waals surface area contributed by atoms with E-state index in [2.05, 4.69) is 218 Å². The summed E-state index contributed by atoms with van der Waals surface area (Å²) in [5, 5.41) is 0. The minimum atomic E-state index is -0.0840. The van der Waals surface area contributed by atoms with E-state index in [4.69, 9.17) is 4.74 Å². The van der Waals surface area contributed by atoms with Crippen LogP contribution in [0, 0.1) is 18.3 Å². The number of nitrogens with zero attached hydrogens (tertiary/aromatic N) is 2. The van der Waals surface area contributed by atoms with E-state index in [1.54, 1.807) is 0 Å². The predicted molar refractivity (Wildman–Crippen MR) is 301 cm³/mol. The van der Waals surface area contributed by atoms with E-state index in [1.807, 2.05) is 0 Å². The lowest BCUT2D eigenvalue weighted by molar-refractivity contribution is 0.179. The molecular formula is C67H81BN2O. The van der Waals surface area contributed by atoms with Crippen molar-refractivity contribution in [2.24, 2.45) is 11.3 Å². The van der Waals surface area contributed by atoms with Gasteiger partial charge in [-0.3, -0.25) is 0 Å². The molecule has 8 aliphatic rings. The molecule has 4 aromatic carbocycles. The molecule has 3 heterocycles. The van der Waals surface area contributed by atoms with E-state index in [1.165, 1.54) is 134 Å². The van der Waals surface area contributed by atoms with Gasteiger partial charge in [-0.05, 0) is 187 Å². The van der Waals surface area contributed by atoms with Crippen molar-refractivity contribution in [1.82, 2.24) is 0 Å². The van der Waals surface area contributed by atoms with Gasteiger partial charge in [0.2, 0.25) is 0 Å². The first kappa shape index (κ1) is 47.1. The number of ether oxygens (including phenoxy) is 1. The van der Waals surface area contributed by atoms with Gasteiger partial charge < -0.3 is 14.5 Å². The molecule has 3 aliphatic heterocycles. The van der Waals surface area contributed by atoms with E-state index in [-0.39, 0.29) is 62.6 Å². The molecule has 0 N–H and O–H groups in total. The van der Waals surface area contributed by atoms with Gasteiger partial charge in [0, 0.05) is 34.4 Å². The Kier molecular flexibility index (Phi) is 9.99. The Bertz CT molecular complexity index is 3130. The van der Waals surface area contributed by atoms with Crippen molar-refractivity contribution in [2.45, 2.75) is 200 Å². The largest absolute Gasteiger partial charge is 0.497 e. The molecular weight excluding hydrogens is 860 g/mol. The van der Waals surface area contributed by atoms with Gasteiger partial charge in [0.25, 0.3) is 6.71 Å². The highest BCUT2D eigenvalue weighted by atomic mass is 16.5. The third kappa shape index (κ3) is 7.01. The highest BCUT2D eigenvalue weighted by molar-refractivity contribution is 6.88. The summed E-state index contributed by atoms with van der Waals surface area (Å²) in [5.41, 5.74) is 25.6. The average Bonchev–Trinajstić information content (AvgIpc) is 3.69. The molecule has 368 valence electrons. The first-order valence-corrected chi connectivity index (χ1v) is 27.6. The van der Waals surface area contributed by atoms with Gasteiger partial charge in [-0.2, -0.15) is 0 Å². The molecule has 0 bridgehead atoms. The lowest BCUT2D eigenvalue weighted by Gasteiger charge is -2.50. The van der Waals surface area contributed by atoms with Crippen LogP contribution in [0.2, 0.25) is 0 Å². The molecule has 3 atom stereocenters. The van der Waals surface area contributed by atoms with Gasteiger partial charge in [-0.25, -0.2) is 0 Å². The van der Waals surface area contributed by atoms with Crippen molar-refractivity contribution in [3.8, 4) is 0 Å². The Labute approximate surface area is 428 Å². The van der Waals surface area contributed by atoms with Crippen LogP contribution in [0.3, 0.4) is 0 Å². The van der Waals surface area contributed by atoms with Gasteiger partial charge in [0.05, 0.1) is 17.3 Å². The van der Waals surface area contributed by atoms with Crippen molar-refractivity contribution < 1.29 is 4.74 Å². The van der Waals surface area contributed by atoms with Gasteiger partial charge in [0.1, 0.15) is 6.10 Å². The quantitative estimate of drug-likeness (QED) is 0.190. The summed E-state index contributed by atoms with van der Waals surface area (Å²) in [5.74, 6) is 0.230. The van der Waals surface area contributed by atoms with Gasteiger partial charge in [-0.15, -0.1) is 0 Å². The molecule has 0 saturated heterocycles. The van der Waals surface area contributed by atoms with Crippen LogP contribution in [0.15, 0.2) is 131 Å². The maximum Gasteiger partial charge on any atom is 0.295 e. The highest BCUT2D eigenvalue weighted by Crippen LogP contribution is 2.59. The smallest absolute Gasteiger partial charge is 0.295 e. The first-order valence-electron chi connectivity index (χ1n) is 27.6. The zero-order valence-electron chi connectivity index (χ0n) is 46.3. The van der Waals surface area contributed by atoms with Crippen LogP contribution in [-0.2, 0) is 37.2 Å². The fourth-order valence-electron chi connectivity index (χ4n) is 14.8. The van der Waals surface area contributed by atoms with E-state index in [0.29, 0.717) is 0 Å². The summed E-state index contributed by atoms with van der Waals surface area (Å²) in [6, 6.07) is 29.9. The molecule has 0 aromatic heterocycles. The van der Waals surface area contributed by atoms with Crippen molar-refractivity contribution in [3.63, 3.8) is 0 Å². The predicted octanol–water partition coefficient (Wildman–Crippen LogP) is 16.6. The van der Waals surface area contributed by atoms with Crippen LogP contribution in [0.25, 0.3) is 0 Å². The van der Waals surface area contributed by atoms with E-state index < -0.39 is 0 Å². The molecule has 4 aromatic rings. The summed E-state index contributed by atoms with van der Waals surface area (Å²) in [6.45, 7) is 39.2. The highest BCUT2D eigenvalue weighted by Gasteiger charge is 2.56. The summed E-state index contributed by atoms with van der Waals surface area (Å²) in [7, 11) is 0. The fraction of sp³-hybridized carbons (Fsp3) is 0.493. The molecule has 12 rings (SSSR count). The second-order valence-electron chi connectivity index (χ2n) is 28.5. The fourth-order valence-corrected chi connectivity index (χ4v) is 14.8. The Morgan fingerprint density at radius 2 is 1.08 bits per heavy atom. The zero-order valence-corrected chi connectivity index (χ0v) is 46.3. The second kappa shape index (κ2) is 15.1. The third-order valence-corrected chi connectivity index (χ3v) is 19.9. The summed E-state index contributed by atoms with van der Waals surface area (Å²) in [4.78, 5) is 5.54. The van der Waals surface area contributed by atoms with Crippen LogP contribution in [0.4, 0.5) is 17.1 Å². The second-order valence-corrected chi connectivity index (χ2v) is 28.5. The number of anilines is 3. The number of rotatable bonds is 3. The zero-order chi connectivity index (χ0) is 50.3. The monoisotopic (exact) mass is 941 g/mol. The maximum absolute atomic E-state index is 7.72. The minimum absolute atomic E-state index is 0.00196. The SMILES string of the molecule is Cc1ccccc1[C@@H]1C=C2C3=C(C1)N(c1ccc4c(c1)C(C)(C)CCC4(C)C)c1cc4c(cc1B3C1=C(C3C=C(C(C)(C)C)C=CC3O1)N2c1ccc2c(c1)C(C)(C)CCC2(C)C)C(C)(C)CCC4(C)C. The van der Waals surface area contributed by atoms with Crippen molar-refractivity contribution >= 4 is 29.2 Å².